The predicted octanol–water partition coefficient (Wildman–Crippen LogP) is 7.11. The minimum absolute atomic E-state index is 0.0328. The van der Waals surface area contributed by atoms with Crippen molar-refractivity contribution in [3.05, 3.63) is 140 Å². The number of halogens is 2. The molecule has 0 bridgehead atoms. The average Bonchev–Trinajstić information content (AvgIpc) is 3.43. The highest BCUT2D eigenvalue weighted by Crippen LogP contribution is 2.45. The molecular weight excluding hydrogens is 629 g/mol. The molecule has 0 aliphatic carbocycles. The van der Waals surface area contributed by atoms with Gasteiger partial charge in [-0.15, -0.1) is 0 Å². The van der Waals surface area contributed by atoms with E-state index >= 15 is 0 Å². The molecule has 1 aliphatic rings. The number of nitrogens with one attached hydrogen (secondary N) is 1. The van der Waals surface area contributed by atoms with Crippen LogP contribution in [0.1, 0.15) is 34.8 Å². The number of aliphatic imine (C=N–C) groups is 1. The van der Waals surface area contributed by atoms with Crippen LogP contribution in [0.5, 0.6) is 5.75 Å². The van der Waals surface area contributed by atoms with Gasteiger partial charge in [0.05, 0.1) is 6.61 Å². The van der Waals surface area contributed by atoms with Crippen molar-refractivity contribution in [2.24, 2.45) is 10.1 Å². The number of azide groups is 1. The van der Waals surface area contributed by atoms with Gasteiger partial charge in [0.15, 0.2) is 11.6 Å². The van der Waals surface area contributed by atoms with Gasteiger partial charge in [-0.25, -0.2) is 9.38 Å². The Kier molecular flexibility index (Phi) is 9.91. The highest BCUT2D eigenvalue weighted by molar-refractivity contribution is 9.10. The molecule has 0 saturated heterocycles. The predicted molar refractivity (Wildman–Crippen MR) is 168 cm³/mol. The standard InChI is InChI=1S/C33H29BrFN5O4/c34-25-12-6-22(7-13-25)20-33(32(42)37-21-23-8-14-26(35)15-9-23)30(28-4-1-2-5-29(28)39-40-36)44-31(38-33)24-10-16-27(17-11-24)43-19-3-18-41/h1-2,4-17,30,41H,3,18-21H2,(H,37,42)/t30-,33-/m1/s1. The van der Waals surface area contributed by atoms with E-state index in [1.54, 1.807) is 60.7 Å². The maximum Gasteiger partial charge on any atom is 0.252 e. The monoisotopic (exact) mass is 657 g/mol. The molecule has 0 fully saturated rings. The first kappa shape index (κ1) is 30.7. The number of aliphatic hydroxyl groups is 1. The van der Waals surface area contributed by atoms with E-state index in [0.29, 0.717) is 41.2 Å². The van der Waals surface area contributed by atoms with E-state index < -0.39 is 17.6 Å². The molecule has 224 valence electrons. The smallest absolute Gasteiger partial charge is 0.252 e. The largest absolute Gasteiger partial charge is 0.494 e. The second-order valence-electron chi connectivity index (χ2n) is 10.1. The normalized spacial score (nSPS) is 17.2. The molecule has 0 unspecified atom stereocenters. The highest BCUT2D eigenvalue weighted by Gasteiger charge is 2.53. The molecule has 1 heterocycles. The summed E-state index contributed by atoms with van der Waals surface area (Å²) in [6.45, 7) is 0.540. The lowest BCUT2D eigenvalue weighted by Crippen LogP contribution is -2.49. The third kappa shape index (κ3) is 7.08. The average molecular weight is 659 g/mol. The molecule has 2 atom stereocenters. The summed E-state index contributed by atoms with van der Waals surface area (Å²) in [6.07, 6.45) is -0.289. The van der Waals surface area contributed by atoms with Crippen LogP contribution in [0.2, 0.25) is 0 Å². The molecule has 1 aliphatic heterocycles. The van der Waals surface area contributed by atoms with Gasteiger partial charge in [0.1, 0.15) is 11.6 Å². The van der Waals surface area contributed by atoms with Crippen LogP contribution in [0, 0.1) is 5.82 Å². The van der Waals surface area contributed by atoms with Crippen molar-refractivity contribution in [2.75, 3.05) is 13.2 Å². The zero-order chi connectivity index (χ0) is 30.9. The fourth-order valence-corrected chi connectivity index (χ4v) is 5.22. The van der Waals surface area contributed by atoms with Gasteiger partial charge in [-0.1, -0.05) is 69.6 Å². The number of benzene rings is 4. The first-order valence-corrected chi connectivity index (χ1v) is 14.7. The summed E-state index contributed by atoms with van der Waals surface area (Å²) in [7, 11) is 0. The van der Waals surface area contributed by atoms with Crippen LogP contribution in [0.4, 0.5) is 10.1 Å². The Morgan fingerprint density at radius 2 is 1.75 bits per heavy atom. The molecular formula is C33H29BrFN5O4. The Morgan fingerprint density at radius 3 is 2.45 bits per heavy atom. The molecule has 9 nitrogen and oxygen atoms in total. The summed E-state index contributed by atoms with van der Waals surface area (Å²) in [5.41, 5.74) is 10.8. The minimum Gasteiger partial charge on any atom is -0.494 e. The zero-order valence-electron chi connectivity index (χ0n) is 23.6. The van der Waals surface area contributed by atoms with Crippen LogP contribution in [-0.4, -0.2) is 35.7 Å². The van der Waals surface area contributed by atoms with Gasteiger partial charge in [-0.3, -0.25) is 4.79 Å². The van der Waals surface area contributed by atoms with E-state index in [4.69, 9.17) is 19.6 Å². The lowest BCUT2D eigenvalue weighted by Gasteiger charge is -2.31. The number of hydrogen-bond donors (Lipinski definition) is 2. The Labute approximate surface area is 262 Å². The topological polar surface area (TPSA) is 129 Å². The van der Waals surface area contributed by atoms with Crippen LogP contribution in [0.15, 0.2) is 112 Å². The van der Waals surface area contributed by atoms with E-state index in [2.05, 4.69) is 31.3 Å². The summed E-state index contributed by atoms with van der Waals surface area (Å²) < 4.78 is 26.6. The number of amides is 1. The number of ether oxygens (including phenoxy) is 2. The number of carbonyl (C=O) groups is 1. The minimum atomic E-state index is -1.51. The summed E-state index contributed by atoms with van der Waals surface area (Å²) in [6, 6.07) is 27.5. The van der Waals surface area contributed by atoms with Crippen LogP contribution in [-0.2, 0) is 22.5 Å². The number of aliphatic hydroxyl groups excluding tert-OH is 1. The second-order valence-corrected chi connectivity index (χ2v) is 11.1. The van der Waals surface area contributed by atoms with E-state index in [9.17, 15) is 14.7 Å². The van der Waals surface area contributed by atoms with Crippen molar-refractivity contribution in [3.8, 4) is 5.75 Å². The second kappa shape index (κ2) is 14.2. The maximum absolute atomic E-state index is 14.4. The summed E-state index contributed by atoms with van der Waals surface area (Å²) >= 11 is 3.47. The Bertz CT molecular complexity index is 1680. The van der Waals surface area contributed by atoms with Crippen LogP contribution in [0.25, 0.3) is 10.4 Å². The molecule has 1 amide bonds. The van der Waals surface area contributed by atoms with E-state index in [-0.39, 0.29) is 31.3 Å². The zero-order valence-corrected chi connectivity index (χ0v) is 25.2. The number of nitrogens with zero attached hydrogens (tertiary/aromatic N) is 4. The molecule has 0 saturated carbocycles. The number of rotatable bonds is 12. The summed E-state index contributed by atoms with van der Waals surface area (Å²) in [5, 5.41) is 15.9. The number of hydrogen-bond acceptors (Lipinski definition) is 6. The van der Waals surface area contributed by atoms with Gasteiger partial charge in [0, 0.05) is 52.2 Å². The highest BCUT2D eigenvalue weighted by atomic mass is 79.9. The SMILES string of the molecule is [N-]=[N+]=Nc1ccccc1[C@H]1OC(c2ccc(OCCCO)cc2)=N[C@@]1(Cc1ccc(Br)cc1)C(=O)NCc1ccc(F)cc1. The van der Waals surface area contributed by atoms with Crippen LogP contribution >= 0.6 is 15.9 Å². The summed E-state index contributed by atoms with van der Waals surface area (Å²) in [4.78, 5) is 22.4. The number of carbonyl (C=O) groups excluding carboxylic acids is 1. The molecule has 11 heteroatoms. The molecule has 4 aromatic rings. The molecule has 0 radical (unpaired) electrons. The molecule has 0 spiro atoms. The van der Waals surface area contributed by atoms with Gasteiger partial charge in [-0.05, 0) is 65.2 Å². The first-order chi connectivity index (χ1) is 21.4. The van der Waals surface area contributed by atoms with E-state index in [1.807, 2.05) is 24.3 Å². The summed E-state index contributed by atoms with van der Waals surface area (Å²) in [5.74, 6) is 0.0695. The Hall–Kier alpha value is -4.70. The fourth-order valence-electron chi connectivity index (χ4n) is 4.96. The van der Waals surface area contributed by atoms with Crippen molar-refractivity contribution in [3.63, 3.8) is 0 Å². The molecule has 44 heavy (non-hydrogen) atoms. The molecule has 5 rings (SSSR count). The van der Waals surface area contributed by atoms with E-state index in [1.165, 1.54) is 12.1 Å². The van der Waals surface area contributed by atoms with Gasteiger partial charge in [-0.2, -0.15) is 0 Å². The third-order valence-electron chi connectivity index (χ3n) is 7.15. The Morgan fingerprint density at radius 1 is 1.05 bits per heavy atom. The quantitative estimate of drug-likeness (QED) is 0.0728. The van der Waals surface area contributed by atoms with Crippen molar-refractivity contribution in [1.82, 2.24) is 5.32 Å². The Balaban J connectivity index is 1.59. The molecule has 4 aromatic carbocycles. The van der Waals surface area contributed by atoms with Crippen molar-refractivity contribution >= 4 is 33.4 Å². The fraction of sp³-hybridized carbons (Fsp3) is 0.212. The van der Waals surface area contributed by atoms with Gasteiger partial charge >= 0.3 is 0 Å². The van der Waals surface area contributed by atoms with Crippen molar-refractivity contribution in [2.45, 2.75) is 31.0 Å². The lowest BCUT2D eigenvalue weighted by molar-refractivity contribution is -0.129. The lowest BCUT2D eigenvalue weighted by atomic mass is 9.81. The van der Waals surface area contributed by atoms with Crippen LogP contribution in [0.3, 0.4) is 0 Å². The van der Waals surface area contributed by atoms with E-state index in [0.717, 1.165) is 10.0 Å². The van der Waals surface area contributed by atoms with Crippen molar-refractivity contribution in [1.29, 1.82) is 0 Å². The molecule has 0 aromatic heterocycles. The first-order valence-electron chi connectivity index (χ1n) is 13.9. The van der Waals surface area contributed by atoms with Crippen molar-refractivity contribution < 1.29 is 23.8 Å². The molecule has 2 N–H and O–H groups in total. The van der Waals surface area contributed by atoms with Gasteiger partial charge in [0.2, 0.25) is 5.90 Å². The maximum atomic E-state index is 14.4. The third-order valence-corrected chi connectivity index (χ3v) is 7.68. The van der Waals surface area contributed by atoms with Gasteiger partial charge in [0.25, 0.3) is 5.91 Å². The van der Waals surface area contributed by atoms with Crippen LogP contribution < -0.4 is 10.1 Å². The van der Waals surface area contributed by atoms with Gasteiger partial charge < -0.3 is 19.9 Å².